The number of amides is 1. The number of thiophene rings is 1. The summed E-state index contributed by atoms with van der Waals surface area (Å²) in [5, 5.41) is 3.50. The van der Waals surface area contributed by atoms with Gasteiger partial charge >= 0.3 is 5.97 Å². The first-order valence-electron chi connectivity index (χ1n) is 8.73. The lowest BCUT2D eigenvalue weighted by Crippen LogP contribution is -2.15. The van der Waals surface area contributed by atoms with E-state index in [0.29, 0.717) is 22.7 Å². The van der Waals surface area contributed by atoms with Crippen molar-refractivity contribution >= 4 is 28.2 Å². The molecule has 6 heteroatoms. The molecule has 2 aromatic rings. The third-order valence-corrected chi connectivity index (χ3v) is 5.42. The van der Waals surface area contributed by atoms with E-state index in [1.54, 1.807) is 18.3 Å². The molecule has 25 heavy (non-hydrogen) atoms. The minimum Gasteiger partial charge on any atom is -0.462 e. The van der Waals surface area contributed by atoms with Gasteiger partial charge in [-0.15, -0.1) is 11.3 Å². The largest absolute Gasteiger partial charge is 0.462 e. The third-order valence-electron chi connectivity index (χ3n) is 4.21. The highest BCUT2D eigenvalue weighted by Gasteiger charge is 2.26. The molecule has 0 atom stereocenters. The maximum atomic E-state index is 12.6. The van der Waals surface area contributed by atoms with Crippen LogP contribution in [0.25, 0.3) is 0 Å². The molecule has 0 aliphatic heterocycles. The maximum absolute atomic E-state index is 12.6. The first-order chi connectivity index (χ1) is 12.2. The quantitative estimate of drug-likeness (QED) is 0.641. The first kappa shape index (κ1) is 17.6. The van der Waals surface area contributed by atoms with Gasteiger partial charge in [0, 0.05) is 17.3 Å². The molecular formula is C19H22N2O3S. The number of anilines is 1. The third kappa shape index (κ3) is 4.07. The van der Waals surface area contributed by atoms with Crippen LogP contribution >= 0.6 is 11.3 Å². The van der Waals surface area contributed by atoms with E-state index in [0.717, 1.165) is 37.7 Å². The molecule has 1 aliphatic rings. The number of rotatable bonds is 5. The summed E-state index contributed by atoms with van der Waals surface area (Å²) in [6.07, 6.45) is 9.08. The number of nitrogens with zero attached hydrogens (tertiary/aromatic N) is 1. The molecule has 0 saturated heterocycles. The Balaban J connectivity index is 1.92. The summed E-state index contributed by atoms with van der Waals surface area (Å²) in [6.45, 7) is 2.35. The number of hydrogen-bond donors (Lipinski definition) is 1. The van der Waals surface area contributed by atoms with Crippen molar-refractivity contribution in [2.75, 3.05) is 11.9 Å². The summed E-state index contributed by atoms with van der Waals surface area (Å²) < 4.78 is 5.37. The molecule has 0 aromatic carbocycles. The van der Waals surface area contributed by atoms with E-state index in [9.17, 15) is 9.59 Å². The van der Waals surface area contributed by atoms with Crippen LogP contribution in [0, 0.1) is 0 Å². The number of aromatic nitrogens is 1. The summed E-state index contributed by atoms with van der Waals surface area (Å²) in [5.74, 6) is -0.586. The van der Waals surface area contributed by atoms with Crippen molar-refractivity contribution in [3.8, 4) is 0 Å². The van der Waals surface area contributed by atoms with Crippen molar-refractivity contribution in [1.29, 1.82) is 0 Å². The Morgan fingerprint density at radius 2 is 2.12 bits per heavy atom. The smallest absolute Gasteiger partial charge is 0.341 e. The predicted molar refractivity (Wildman–Crippen MR) is 98.3 cm³/mol. The normalized spacial score (nSPS) is 13.6. The zero-order valence-corrected chi connectivity index (χ0v) is 15.2. The van der Waals surface area contributed by atoms with E-state index in [1.807, 2.05) is 6.92 Å². The number of hydrogen-bond acceptors (Lipinski definition) is 5. The van der Waals surface area contributed by atoms with Crippen LogP contribution in [0.1, 0.15) is 63.8 Å². The Morgan fingerprint density at radius 1 is 1.28 bits per heavy atom. The van der Waals surface area contributed by atoms with Crippen molar-refractivity contribution in [3.05, 3.63) is 46.1 Å². The van der Waals surface area contributed by atoms with E-state index in [-0.39, 0.29) is 11.9 Å². The van der Waals surface area contributed by atoms with Crippen LogP contribution in [0.4, 0.5) is 5.00 Å². The Morgan fingerprint density at radius 3 is 2.88 bits per heavy atom. The second kappa shape index (κ2) is 8.25. The molecule has 5 nitrogen and oxygen atoms in total. The molecule has 1 amide bonds. The van der Waals surface area contributed by atoms with Crippen molar-refractivity contribution in [3.63, 3.8) is 0 Å². The molecule has 2 aromatic heterocycles. The van der Waals surface area contributed by atoms with Crippen molar-refractivity contribution in [2.45, 2.75) is 45.4 Å². The van der Waals surface area contributed by atoms with E-state index >= 15 is 0 Å². The predicted octanol–water partition coefficient (Wildman–Crippen LogP) is 4.23. The standard InChI is InChI=1S/C19H22N2O3S/c1-2-11-24-19(23)16-14-8-4-3-5-9-15(14)25-18(16)21-17(22)13-7-6-10-20-12-13/h6-7,10,12H,2-5,8-9,11H2,1H3,(H,21,22). The second-order valence-corrected chi connectivity index (χ2v) is 7.21. The van der Waals surface area contributed by atoms with Gasteiger partial charge in [0.1, 0.15) is 5.00 Å². The Bertz CT molecular complexity index is 756. The molecule has 0 saturated carbocycles. The number of nitrogens with one attached hydrogen (secondary N) is 1. The summed E-state index contributed by atoms with van der Waals surface area (Å²) >= 11 is 1.51. The fraction of sp³-hybridized carbons (Fsp3) is 0.421. The number of pyridine rings is 1. The number of fused-ring (bicyclic) bond motifs is 1. The Labute approximate surface area is 151 Å². The average molecular weight is 358 g/mol. The highest BCUT2D eigenvalue weighted by molar-refractivity contribution is 7.17. The zero-order valence-electron chi connectivity index (χ0n) is 14.3. The highest BCUT2D eigenvalue weighted by Crippen LogP contribution is 2.38. The van der Waals surface area contributed by atoms with Gasteiger partial charge in [0.15, 0.2) is 0 Å². The van der Waals surface area contributed by atoms with Crippen LogP contribution in [0.15, 0.2) is 24.5 Å². The molecule has 0 bridgehead atoms. The van der Waals surface area contributed by atoms with Crippen molar-refractivity contribution in [2.24, 2.45) is 0 Å². The van der Waals surface area contributed by atoms with Crippen LogP contribution in [-0.2, 0) is 17.6 Å². The summed E-state index contributed by atoms with van der Waals surface area (Å²) in [6, 6.07) is 3.42. The highest BCUT2D eigenvalue weighted by atomic mass is 32.1. The van der Waals surface area contributed by atoms with Crippen LogP contribution in [0.3, 0.4) is 0 Å². The monoisotopic (exact) mass is 358 g/mol. The molecule has 132 valence electrons. The molecule has 0 unspecified atom stereocenters. The fourth-order valence-corrected chi connectivity index (χ4v) is 4.26. The summed E-state index contributed by atoms with van der Waals surface area (Å²) in [7, 11) is 0. The first-order valence-corrected chi connectivity index (χ1v) is 9.55. The van der Waals surface area contributed by atoms with Gasteiger partial charge in [-0.1, -0.05) is 13.3 Å². The van der Waals surface area contributed by atoms with Gasteiger partial charge in [0.05, 0.1) is 17.7 Å². The average Bonchev–Trinajstić information content (AvgIpc) is 2.81. The lowest BCUT2D eigenvalue weighted by atomic mass is 10.1. The Hall–Kier alpha value is -2.21. The van der Waals surface area contributed by atoms with Gasteiger partial charge in [0.2, 0.25) is 0 Å². The molecular weight excluding hydrogens is 336 g/mol. The second-order valence-electron chi connectivity index (χ2n) is 6.10. The number of esters is 1. The van der Waals surface area contributed by atoms with E-state index in [2.05, 4.69) is 10.3 Å². The van der Waals surface area contributed by atoms with E-state index in [4.69, 9.17) is 4.74 Å². The van der Waals surface area contributed by atoms with Crippen LogP contribution < -0.4 is 5.32 Å². The fourth-order valence-electron chi connectivity index (χ4n) is 2.99. The minimum atomic E-state index is -0.331. The Kier molecular flexibility index (Phi) is 5.81. The molecule has 0 radical (unpaired) electrons. The molecule has 0 spiro atoms. The molecule has 1 aliphatic carbocycles. The van der Waals surface area contributed by atoms with Gasteiger partial charge in [-0.05, 0) is 49.8 Å². The van der Waals surface area contributed by atoms with Crippen molar-refractivity contribution < 1.29 is 14.3 Å². The van der Waals surface area contributed by atoms with E-state index < -0.39 is 0 Å². The molecule has 3 rings (SSSR count). The minimum absolute atomic E-state index is 0.256. The van der Waals surface area contributed by atoms with Gasteiger partial charge in [-0.25, -0.2) is 4.79 Å². The van der Waals surface area contributed by atoms with Crippen LogP contribution in [-0.4, -0.2) is 23.5 Å². The zero-order chi connectivity index (χ0) is 17.6. The molecule has 2 heterocycles. The summed E-state index contributed by atoms with van der Waals surface area (Å²) in [5.41, 5.74) is 2.08. The van der Waals surface area contributed by atoms with Crippen molar-refractivity contribution in [1.82, 2.24) is 4.98 Å². The summed E-state index contributed by atoms with van der Waals surface area (Å²) in [4.78, 5) is 30.3. The van der Waals surface area contributed by atoms with Crippen LogP contribution in [0.5, 0.6) is 0 Å². The van der Waals surface area contributed by atoms with Gasteiger partial charge < -0.3 is 10.1 Å². The SMILES string of the molecule is CCCOC(=O)c1c(NC(=O)c2cccnc2)sc2c1CCCCC2. The van der Waals surface area contributed by atoms with Gasteiger partial charge in [-0.2, -0.15) is 0 Å². The molecule has 0 fully saturated rings. The number of aryl methyl sites for hydroxylation is 1. The number of carbonyl (C=O) groups is 2. The maximum Gasteiger partial charge on any atom is 0.341 e. The van der Waals surface area contributed by atoms with Crippen LogP contribution in [0.2, 0.25) is 0 Å². The lowest BCUT2D eigenvalue weighted by Gasteiger charge is -2.09. The lowest BCUT2D eigenvalue weighted by molar-refractivity contribution is 0.0505. The van der Waals surface area contributed by atoms with Gasteiger partial charge in [-0.3, -0.25) is 9.78 Å². The molecule has 1 N–H and O–H groups in total. The number of carbonyl (C=O) groups excluding carboxylic acids is 2. The van der Waals surface area contributed by atoms with Gasteiger partial charge in [0.25, 0.3) is 5.91 Å². The van der Waals surface area contributed by atoms with E-state index in [1.165, 1.54) is 28.8 Å². The topological polar surface area (TPSA) is 68.3 Å². The number of ether oxygens (including phenoxy) is 1.